The Bertz CT molecular complexity index is 1700. The average Bonchev–Trinajstić information content (AvgIpc) is 3.47. The van der Waals surface area contributed by atoms with Crippen molar-refractivity contribution in [1.82, 2.24) is 15.5 Å². The van der Waals surface area contributed by atoms with Gasteiger partial charge in [0.2, 0.25) is 5.91 Å². The van der Waals surface area contributed by atoms with Crippen molar-refractivity contribution in [3.8, 4) is 28.4 Å². The number of benzene rings is 4. The molecule has 0 spiro atoms. The number of carbonyl (C=O) groups excluding carboxylic acids is 3. The van der Waals surface area contributed by atoms with Gasteiger partial charge in [-0.25, -0.2) is 4.39 Å². The van der Waals surface area contributed by atoms with E-state index >= 15 is 4.39 Å². The number of rotatable bonds is 5. The van der Waals surface area contributed by atoms with E-state index in [0.29, 0.717) is 42.2 Å². The number of halogens is 1. The number of fused-ring (bicyclic) bond motifs is 7. The molecule has 2 atom stereocenters. The second-order valence-corrected chi connectivity index (χ2v) is 11.2. The van der Waals surface area contributed by atoms with E-state index in [4.69, 9.17) is 14.2 Å². The van der Waals surface area contributed by atoms with Gasteiger partial charge in [-0.15, -0.1) is 0 Å². The monoisotopic (exact) mass is 623 g/mol. The fourth-order valence-electron chi connectivity index (χ4n) is 5.48. The number of para-hydroxylation sites is 1. The summed E-state index contributed by atoms with van der Waals surface area (Å²) in [6.07, 6.45) is 0.208. The maximum atomic E-state index is 15.0. The van der Waals surface area contributed by atoms with Gasteiger partial charge >= 0.3 is 0 Å². The summed E-state index contributed by atoms with van der Waals surface area (Å²) in [4.78, 5) is 40.9. The molecule has 4 aromatic carbocycles. The molecule has 1 fully saturated rings. The molecule has 236 valence electrons. The first-order valence-electron chi connectivity index (χ1n) is 15.2. The Morgan fingerprint density at radius 1 is 0.891 bits per heavy atom. The summed E-state index contributed by atoms with van der Waals surface area (Å²) >= 11 is 0. The van der Waals surface area contributed by atoms with E-state index in [0.717, 1.165) is 11.3 Å². The molecule has 0 unspecified atom stereocenters. The molecular formula is C36H34FN3O6. The molecule has 0 saturated carbocycles. The molecule has 0 aromatic heterocycles. The number of ether oxygens (including phenoxy) is 3. The van der Waals surface area contributed by atoms with Crippen LogP contribution < -0.4 is 24.8 Å². The normalized spacial score (nSPS) is 18.0. The fraction of sp³-hybridized carbons (Fsp3) is 0.250. The van der Waals surface area contributed by atoms with Crippen LogP contribution in [0.15, 0.2) is 97.1 Å². The van der Waals surface area contributed by atoms with Crippen LogP contribution in [0.2, 0.25) is 0 Å². The summed E-state index contributed by atoms with van der Waals surface area (Å²) < 4.78 is 32.8. The molecule has 10 heteroatoms. The SMILES string of the molecule is O=C1COc2cccc(c2)-c2ccc(F)c(c2)C(=O)N[C@H]2CN(C(=O)CCCOc3ccccc3)C[C@@H]2Oc2ccc(cc2)CN1. The number of nitrogens with zero attached hydrogens (tertiary/aromatic N) is 1. The predicted octanol–water partition coefficient (Wildman–Crippen LogP) is 4.75. The van der Waals surface area contributed by atoms with Crippen molar-refractivity contribution in [2.45, 2.75) is 31.5 Å². The van der Waals surface area contributed by atoms with E-state index < -0.39 is 23.9 Å². The molecule has 3 aliphatic heterocycles. The van der Waals surface area contributed by atoms with E-state index in [1.54, 1.807) is 41.3 Å². The van der Waals surface area contributed by atoms with Crippen molar-refractivity contribution < 1.29 is 33.0 Å². The molecule has 9 nitrogen and oxygen atoms in total. The van der Waals surface area contributed by atoms with Crippen LogP contribution >= 0.6 is 0 Å². The zero-order chi connectivity index (χ0) is 31.9. The third-order valence-electron chi connectivity index (χ3n) is 7.93. The van der Waals surface area contributed by atoms with Crippen LogP contribution in [0.1, 0.15) is 28.8 Å². The van der Waals surface area contributed by atoms with Gasteiger partial charge in [0, 0.05) is 19.5 Å². The van der Waals surface area contributed by atoms with Crippen molar-refractivity contribution >= 4 is 17.7 Å². The van der Waals surface area contributed by atoms with Gasteiger partial charge in [0.05, 0.1) is 24.8 Å². The maximum Gasteiger partial charge on any atom is 0.258 e. The number of hydrogen-bond acceptors (Lipinski definition) is 6. The first-order chi connectivity index (χ1) is 22.4. The fourth-order valence-corrected chi connectivity index (χ4v) is 5.48. The lowest BCUT2D eigenvalue weighted by molar-refractivity contribution is -0.130. The molecular weight excluding hydrogens is 589 g/mol. The van der Waals surface area contributed by atoms with Gasteiger partial charge in [0.25, 0.3) is 11.8 Å². The largest absolute Gasteiger partial charge is 0.494 e. The standard InChI is InChI=1S/C36H34FN3O6/c37-31-16-13-26-19-30(31)36(43)39-32-21-40(35(42)10-5-17-44-27-7-2-1-3-8-27)22-33(32)46-28-14-11-24(12-15-28)20-38-34(41)23-45-29-9-4-6-25(26)18-29/h1-4,6-9,11-16,18-19,32-33H,5,10,17,20-23H2,(H,38,41)(H,39,43)/t32-,33-/m0/s1. The maximum absolute atomic E-state index is 15.0. The molecule has 46 heavy (non-hydrogen) atoms. The predicted molar refractivity (Wildman–Crippen MR) is 169 cm³/mol. The molecule has 3 amide bonds. The van der Waals surface area contributed by atoms with Crippen molar-refractivity contribution in [3.05, 3.63) is 114 Å². The lowest BCUT2D eigenvalue weighted by Crippen LogP contribution is -2.45. The Kier molecular flexibility index (Phi) is 9.43. The van der Waals surface area contributed by atoms with Gasteiger partial charge in [-0.2, -0.15) is 0 Å². The van der Waals surface area contributed by atoms with Gasteiger partial charge < -0.3 is 29.7 Å². The topological polar surface area (TPSA) is 106 Å². The average molecular weight is 624 g/mol. The molecule has 2 N–H and O–H groups in total. The number of amides is 3. The van der Waals surface area contributed by atoms with Gasteiger partial charge in [-0.05, 0) is 71.6 Å². The number of nitrogens with one attached hydrogen (secondary N) is 2. The lowest BCUT2D eigenvalue weighted by Gasteiger charge is -2.21. The number of carbonyl (C=O) groups is 3. The Balaban J connectivity index is 1.22. The zero-order valence-electron chi connectivity index (χ0n) is 25.1. The van der Waals surface area contributed by atoms with E-state index in [-0.39, 0.29) is 43.5 Å². The van der Waals surface area contributed by atoms with Crippen LogP contribution in [0, 0.1) is 5.82 Å². The summed E-state index contributed by atoms with van der Waals surface area (Å²) in [5.41, 5.74) is 2.01. The van der Waals surface area contributed by atoms with E-state index in [9.17, 15) is 14.4 Å². The number of likely N-dealkylation sites (tertiary alicyclic amines) is 1. The van der Waals surface area contributed by atoms with Crippen molar-refractivity contribution in [1.29, 1.82) is 0 Å². The van der Waals surface area contributed by atoms with Crippen LogP contribution in [0.25, 0.3) is 11.1 Å². The minimum absolute atomic E-state index is 0.0890. The molecule has 3 aliphatic rings. The van der Waals surface area contributed by atoms with Gasteiger partial charge in [0.1, 0.15) is 29.2 Å². The third-order valence-corrected chi connectivity index (χ3v) is 7.93. The Morgan fingerprint density at radius 2 is 1.70 bits per heavy atom. The summed E-state index contributed by atoms with van der Waals surface area (Å²) in [5, 5.41) is 5.78. The van der Waals surface area contributed by atoms with Crippen LogP contribution in [0.3, 0.4) is 0 Å². The van der Waals surface area contributed by atoms with Crippen LogP contribution in [0.4, 0.5) is 4.39 Å². The summed E-state index contributed by atoms with van der Waals surface area (Å²) in [6.45, 7) is 0.969. The van der Waals surface area contributed by atoms with Crippen LogP contribution in [-0.2, 0) is 16.1 Å². The highest BCUT2D eigenvalue weighted by Gasteiger charge is 2.38. The number of hydrogen-bond donors (Lipinski definition) is 2. The summed E-state index contributed by atoms with van der Waals surface area (Å²) in [6, 6.07) is 27.4. The molecule has 4 aromatic rings. The zero-order valence-corrected chi connectivity index (χ0v) is 25.1. The molecule has 0 aliphatic carbocycles. The van der Waals surface area contributed by atoms with E-state index in [2.05, 4.69) is 10.6 Å². The van der Waals surface area contributed by atoms with Crippen LogP contribution in [0.5, 0.6) is 17.2 Å². The molecule has 7 rings (SSSR count). The van der Waals surface area contributed by atoms with Gasteiger partial charge in [0.15, 0.2) is 6.61 Å². The third kappa shape index (κ3) is 7.63. The second kappa shape index (κ2) is 14.2. The first kappa shape index (κ1) is 30.6. The Labute approximate surface area is 266 Å². The summed E-state index contributed by atoms with van der Waals surface area (Å²) in [7, 11) is 0. The molecule has 1 saturated heterocycles. The molecule has 0 radical (unpaired) electrons. The Morgan fingerprint density at radius 3 is 2.52 bits per heavy atom. The minimum Gasteiger partial charge on any atom is -0.494 e. The molecule has 6 bridgehead atoms. The first-order valence-corrected chi connectivity index (χ1v) is 15.2. The highest BCUT2D eigenvalue weighted by Crippen LogP contribution is 2.27. The van der Waals surface area contributed by atoms with Gasteiger partial charge in [-0.1, -0.05) is 48.5 Å². The van der Waals surface area contributed by atoms with E-state index in [1.165, 1.54) is 12.1 Å². The minimum atomic E-state index is -0.676. The highest BCUT2D eigenvalue weighted by molar-refractivity contribution is 5.96. The quantitative estimate of drug-likeness (QED) is 0.311. The van der Waals surface area contributed by atoms with Crippen molar-refractivity contribution in [2.75, 3.05) is 26.3 Å². The molecule has 3 heterocycles. The van der Waals surface area contributed by atoms with Crippen molar-refractivity contribution in [3.63, 3.8) is 0 Å². The highest BCUT2D eigenvalue weighted by atomic mass is 19.1. The van der Waals surface area contributed by atoms with Crippen LogP contribution in [-0.4, -0.2) is 61.1 Å². The smallest absolute Gasteiger partial charge is 0.258 e. The van der Waals surface area contributed by atoms with Crippen molar-refractivity contribution in [2.24, 2.45) is 0 Å². The van der Waals surface area contributed by atoms with Gasteiger partial charge in [-0.3, -0.25) is 14.4 Å². The summed E-state index contributed by atoms with van der Waals surface area (Å²) in [5.74, 6) is 0.0753. The Hall–Kier alpha value is -5.38. The lowest BCUT2D eigenvalue weighted by atomic mass is 10.0. The second-order valence-electron chi connectivity index (χ2n) is 11.2. The van der Waals surface area contributed by atoms with E-state index in [1.807, 2.05) is 48.5 Å².